The maximum absolute atomic E-state index is 13.1. The van der Waals surface area contributed by atoms with Crippen LogP contribution >= 0.6 is 0 Å². The summed E-state index contributed by atoms with van der Waals surface area (Å²) in [6.45, 7) is 9.48. The van der Waals surface area contributed by atoms with E-state index < -0.39 is 6.10 Å². The van der Waals surface area contributed by atoms with E-state index in [1.54, 1.807) is 0 Å². The van der Waals surface area contributed by atoms with Gasteiger partial charge >= 0.3 is 0 Å². The number of benzene rings is 2. The van der Waals surface area contributed by atoms with Crippen LogP contribution in [0.4, 0.5) is 0 Å². The topological polar surface area (TPSA) is 58.6 Å². The van der Waals surface area contributed by atoms with Crippen molar-refractivity contribution < 1.29 is 14.3 Å². The number of fused-ring (bicyclic) bond motifs is 1. The average Bonchev–Trinajstić information content (AvgIpc) is 2.80. The van der Waals surface area contributed by atoms with Crippen LogP contribution in [-0.2, 0) is 16.0 Å². The third-order valence-corrected chi connectivity index (χ3v) is 5.85. The molecule has 1 heterocycles. The Labute approximate surface area is 192 Å². The molecule has 0 spiro atoms. The third-order valence-electron chi connectivity index (χ3n) is 5.85. The molecule has 172 valence electrons. The van der Waals surface area contributed by atoms with E-state index in [2.05, 4.69) is 37.4 Å². The first-order valence-electron chi connectivity index (χ1n) is 11.9. The van der Waals surface area contributed by atoms with E-state index in [0.29, 0.717) is 37.6 Å². The molecule has 32 heavy (non-hydrogen) atoms. The average molecular weight is 437 g/mol. The molecule has 2 aromatic rings. The van der Waals surface area contributed by atoms with Crippen molar-refractivity contribution in [3.8, 4) is 5.75 Å². The normalized spacial score (nSPS) is 16.4. The number of rotatable bonds is 9. The van der Waals surface area contributed by atoms with Crippen LogP contribution in [0.5, 0.6) is 5.75 Å². The fourth-order valence-electron chi connectivity index (χ4n) is 4.25. The van der Waals surface area contributed by atoms with E-state index >= 15 is 0 Å². The Morgan fingerprint density at radius 2 is 1.88 bits per heavy atom. The molecule has 1 N–H and O–H groups in total. The van der Waals surface area contributed by atoms with Gasteiger partial charge in [0.2, 0.25) is 5.91 Å². The van der Waals surface area contributed by atoms with E-state index in [1.165, 1.54) is 5.56 Å². The molecule has 2 amide bonds. The van der Waals surface area contributed by atoms with Gasteiger partial charge in [-0.3, -0.25) is 9.59 Å². The smallest absolute Gasteiger partial charge is 0.261 e. The fourth-order valence-corrected chi connectivity index (χ4v) is 4.25. The Kier molecular flexibility index (Phi) is 8.32. The first-order chi connectivity index (χ1) is 15.4. The highest BCUT2D eigenvalue weighted by Crippen LogP contribution is 2.38. The molecular weight excluding hydrogens is 400 g/mol. The summed E-state index contributed by atoms with van der Waals surface area (Å²) in [4.78, 5) is 27.6. The highest BCUT2D eigenvalue weighted by molar-refractivity contribution is 5.81. The summed E-state index contributed by atoms with van der Waals surface area (Å²) in [5, 5.41) is 2.92. The standard InChI is InChI=1S/C27H36N2O3/c1-5-15-28-27(31)24(6-2)32-22-13-12-20-14-16-29(25(30)17-19(3)4)26(23(20)18-22)21-10-8-7-9-11-21/h7-13,18-19,24,26H,5-6,14-17H2,1-4H3,(H,28,31)/t24-,26-/m0/s1. The molecule has 5 nitrogen and oxygen atoms in total. The van der Waals surface area contributed by atoms with E-state index in [-0.39, 0.29) is 17.9 Å². The van der Waals surface area contributed by atoms with Crippen LogP contribution in [0.15, 0.2) is 48.5 Å². The Morgan fingerprint density at radius 1 is 1.12 bits per heavy atom. The van der Waals surface area contributed by atoms with Crippen molar-refractivity contribution in [3.63, 3.8) is 0 Å². The van der Waals surface area contributed by atoms with Crippen molar-refractivity contribution in [2.45, 2.75) is 65.5 Å². The molecule has 0 bridgehead atoms. The van der Waals surface area contributed by atoms with Crippen molar-refractivity contribution in [1.82, 2.24) is 10.2 Å². The second kappa shape index (κ2) is 11.2. The second-order valence-corrected chi connectivity index (χ2v) is 8.91. The van der Waals surface area contributed by atoms with Gasteiger partial charge in [0.15, 0.2) is 6.10 Å². The van der Waals surface area contributed by atoms with Crippen LogP contribution in [0.2, 0.25) is 0 Å². The lowest BCUT2D eigenvalue weighted by Crippen LogP contribution is -2.41. The molecule has 0 saturated heterocycles. The van der Waals surface area contributed by atoms with Crippen LogP contribution in [-0.4, -0.2) is 35.9 Å². The molecule has 0 unspecified atom stereocenters. The minimum Gasteiger partial charge on any atom is -0.481 e. The monoisotopic (exact) mass is 436 g/mol. The molecule has 3 rings (SSSR count). The number of nitrogens with zero attached hydrogens (tertiary/aromatic N) is 1. The van der Waals surface area contributed by atoms with E-state index in [0.717, 1.165) is 24.0 Å². The Bertz CT molecular complexity index is 910. The van der Waals surface area contributed by atoms with Gasteiger partial charge in [-0.15, -0.1) is 0 Å². The first kappa shape index (κ1) is 23.8. The van der Waals surface area contributed by atoms with Crippen molar-refractivity contribution >= 4 is 11.8 Å². The largest absolute Gasteiger partial charge is 0.481 e. The second-order valence-electron chi connectivity index (χ2n) is 8.91. The van der Waals surface area contributed by atoms with Crippen LogP contribution in [0, 0.1) is 5.92 Å². The zero-order valence-electron chi connectivity index (χ0n) is 19.8. The van der Waals surface area contributed by atoms with Crippen molar-refractivity contribution in [2.75, 3.05) is 13.1 Å². The van der Waals surface area contributed by atoms with E-state index in [9.17, 15) is 9.59 Å². The van der Waals surface area contributed by atoms with Crippen molar-refractivity contribution in [2.24, 2.45) is 5.92 Å². The minimum absolute atomic E-state index is 0.0829. The highest BCUT2D eigenvalue weighted by Gasteiger charge is 2.32. The zero-order chi connectivity index (χ0) is 23.1. The number of carbonyl (C=O) groups excluding carboxylic acids is 2. The SMILES string of the molecule is CCCNC(=O)[C@H](CC)Oc1ccc2c(c1)[C@H](c1ccccc1)N(C(=O)CC(C)C)CC2. The van der Waals surface area contributed by atoms with Gasteiger partial charge in [0.1, 0.15) is 5.75 Å². The summed E-state index contributed by atoms with van der Waals surface area (Å²) >= 11 is 0. The Morgan fingerprint density at radius 3 is 2.53 bits per heavy atom. The highest BCUT2D eigenvalue weighted by atomic mass is 16.5. The van der Waals surface area contributed by atoms with Crippen LogP contribution in [0.1, 0.15) is 69.7 Å². The summed E-state index contributed by atoms with van der Waals surface area (Å²) in [7, 11) is 0. The van der Waals surface area contributed by atoms with Crippen molar-refractivity contribution in [3.05, 3.63) is 65.2 Å². The molecular formula is C27H36N2O3. The molecule has 1 aliphatic heterocycles. The predicted octanol–water partition coefficient (Wildman–Crippen LogP) is 4.89. The van der Waals surface area contributed by atoms with Gasteiger partial charge < -0.3 is 15.0 Å². The minimum atomic E-state index is -0.531. The Hall–Kier alpha value is -2.82. The number of amides is 2. The summed E-state index contributed by atoms with van der Waals surface area (Å²) in [6, 6.07) is 16.1. The van der Waals surface area contributed by atoms with E-state index in [1.807, 2.05) is 49.1 Å². The van der Waals surface area contributed by atoms with E-state index in [4.69, 9.17) is 4.74 Å². The summed E-state index contributed by atoms with van der Waals surface area (Å²) < 4.78 is 6.12. The van der Waals surface area contributed by atoms with Gasteiger partial charge in [0.25, 0.3) is 5.91 Å². The van der Waals surface area contributed by atoms with Crippen LogP contribution in [0.3, 0.4) is 0 Å². The van der Waals surface area contributed by atoms with Gasteiger partial charge in [-0.25, -0.2) is 0 Å². The summed E-state index contributed by atoms with van der Waals surface area (Å²) in [5.74, 6) is 1.07. The number of ether oxygens (including phenoxy) is 1. The molecule has 2 atom stereocenters. The summed E-state index contributed by atoms with van der Waals surface area (Å²) in [5.41, 5.74) is 3.40. The van der Waals surface area contributed by atoms with Gasteiger partial charge in [-0.1, -0.05) is 64.1 Å². The third kappa shape index (κ3) is 5.70. The van der Waals surface area contributed by atoms with Crippen LogP contribution in [0.25, 0.3) is 0 Å². The number of hydrogen-bond donors (Lipinski definition) is 1. The lowest BCUT2D eigenvalue weighted by Gasteiger charge is -2.38. The predicted molar refractivity (Wildman–Crippen MR) is 128 cm³/mol. The molecule has 0 aliphatic carbocycles. The van der Waals surface area contributed by atoms with Gasteiger partial charge in [-0.2, -0.15) is 0 Å². The lowest BCUT2D eigenvalue weighted by molar-refractivity contribution is -0.134. The van der Waals surface area contributed by atoms with Gasteiger partial charge in [0, 0.05) is 19.5 Å². The lowest BCUT2D eigenvalue weighted by atomic mass is 9.87. The first-order valence-corrected chi connectivity index (χ1v) is 11.9. The molecule has 0 aromatic heterocycles. The number of nitrogens with one attached hydrogen (secondary N) is 1. The molecule has 1 aliphatic rings. The van der Waals surface area contributed by atoms with Crippen LogP contribution < -0.4 is 10.1 Å². The van der Waals surface area contributed by atoms with Gasteiger partial charge in [0.05, 0.1) is 6.04 Å². The molecule has 0 fully saturated rings. The fraction of sp³-hybridized carbons (Fsp3) is 0.481. The quantitative estimate of drug-likeness (QED) is 0.609. The number of hydrogen-bond acceptors (Lipinski definition) is 3. The molecule has 0 radical (unpaired) electrons. The summed E-state index contributed by atoms with van der Waals surface area (Å²) in [6.07, 6.45) is 2.30. The number of carbonyl (C=O) groups is 2. The Balaban J connectivity index is 1.94. The van der Waals surface area contributed by atoms with Gasteiger partial charge in [-0.05, 0) is 54.0 Å². The van der Waals surface area contributed by atoms with Crippen molar-refractivity contribution in [1.29, 1.82) is 0 Å². The zero-order valence-corrected chi connectivity index (χ0v) is 19.8. The maximum Gasteiger partial charge on any atom is 0.261 e. The molecule has 2 aromatic carbocycles. The molecule has 0 saturated carbocycles. The molecule has 5 heteroatoms. The maximum atomic E-state index is 13.1.